The van der Waals surface area contributed by atoms with Gasteiger partial charge in [0.2, 0.25) is 23.1 Å². The number of hydrogen-bond acceptors (Lipinski definition) is 18. The predicted molar refractivity (Wildman–Crippen MR) is 432 cm³/mol. The van der Waals surface area contributed by atoms with Crippen molar-refractivity contribution in [2.24, 2.45) is 0 Å². The van der Waals surface area contributed by atoms with Crippen LogP contribution in [-0.2, 0) is 11.2 Å². The van der Waals surface area contributed by atoms with Crippen molar-refractivity contribution in [1.82, 2.24) is 44.9 Å². The van der Waals surface area contributed by atoms with Crippen molar-refractivity contribution in [1.29, 1.82) is 0 Å². The van der Waals surface area contributed by atoms with Gasteiger partial charge in [-0.25, -0.2) is 24.7 Å². The third-order valence-electron chi connectivity index (χ3n) is 16.2. The number of thiazole rings is 1. The zero-order chi connectivity index (χ0) is 73.4. The Hall–Kier alpha value is -11.0. The normalized spacial score (nSPS) is 11.2. The third kappa shape index (κ3) is 16.4. The van der Waals surface area contributed by atoms with E-state index in [1.165, 1.54) is 29.5 Å². The first-order chi connectivity index (χ1) is 51.6. The summed E-state index contributed by atoms with van der Waals surface area (Å²) in [7, 11) is 0. The van der Waals surface area contributed by atoms with Gasteiger partial charge < -0.3 is 38.5 Å². The van der Waals surface area contributed by atoms with Gasteiger partial charge in [0.1, 0.15) is 44.3 Å². The van der Waals surface area contributed by atoms with Gasteiger partial charge in [-0.3, -0.25) is 29.5 Å². The molecule has 0 amide bonds. The Labute approximate surface area is 656 Å². The van der Waals surface area contributed by atoms with Gasteiger partial charge >= 0.3 is 5.97 Å². The first kappa shape index (κ1) is 72.0. The molecule has 0 bridgehead atoms. The molecular formula is C80H48Br6N10O9S. The van der Waals surface area contributed by atoms with Crippen LogP contribution < -0.4 is 20.6 Å². The van der Waals surface area contributed by atoms with Crippen LogP contribution in [-0.4, -0.2) is 62.4 Å². The predicted octanol–water partition coefficient (Wildman–Crippen LogP) is 22.5. The number of aromatic amines is 1. The Balaban J connectivity index is 0.000000119. The fourth-order valence-corrected chi connectivity index (χ4v) is 15.5. The zero-order valence-corrected chi connectivity index (χ0v) is 64.8. The number of carboxylic acids is 1. The summed E-state index contributed by atoms with van der Waals surface area (Å²) in [6, 6.07) is 59.6. The number of oxazole rings is 3. The molecule has 0 atom stereocenters. The van der Waals surface area contributed by atoms with Gasteiger partial charge in [0.05, 0.1) is 40.7 Å². The number of aromatic carboxylic acids is 1. The molecule has 18 rings (SSSR count). The number of carbonyl (C=O) groups is 2. The number of carbonyl (C=O) groups excluding carboxylic acids is 1. The number of pyridine rings is 5. The summed E-state index contributed by atoms with van der Waals surface area (Å²) in [6.45, 7) is 0.360. The summed E-state index contributed by atoms with van der Waals surface area (Å²) in [5, 5.41) is 9.91. The molecule has 26 heteroatoms. The van der Waals surface area contributed by atoms with Gasteiger partial charge in [-0.1, -0.05) is 168 Å². The number of nitrogens with one attached hydrogen (secondary N) is 1. The molecule has 0 fully saturated rings. The first-order valence-corrected chi connectivity index (χ1v) is 37.4. The molecule has 0 unspecified atom stereocenters. The van der Waals surface area contributed by atoms with E-state index in [0.717, 1.165) is 133 Å². The van der Waals surface area contributed by atoms with Gasteiger partial charge in [-0.15, -0.1) is 11.3 Å². The average Bonchev–Trinajstić information content (AvgIpc) is 1.59. The number of rotatable bonds is 10. The van der Waals surface area contributed by atoms with Crippen LogP contribution in [0.1, 0.15) is 21.5 Å². The summed E-state index contributed by atoms with van der Waals surface area (Å²) in [5.74, 6) is 3.11. The number of para-hydroxylation sites is 2. The van der Waals surface area contributed by atoms with Crippen LogP contribution in [0.15, 0.2) is 295 Å². The Kier molecular flexibility index (Phi) is 22.1. The van der Waals surface area contributed by atoms with Gasteiger partial charge in [-0.2, -0.15) is 0 Å². The van der Waals surface area contributed by atoms with Gasteiger partial charge in [0, 0.05) is 117 Å². The smallest absolute Gasteiger partial charge is 0.335 e. The molecule has 0 spiro atoms. The second-order valence-corrected chi connectivity index (χ2v) is 29.2. The van der Waals surface area contributed by atoms with Crippen molar-refractivity contribution in [2.75, 3.05) is 5.73 Å². The number of halogens is 6. The van der Waals surface area contributed by atoms with Crippen LogP contribution in [0.5, 0.6) is 17.2 Å². The maximum absolute atomic E-state index is 10.9. The molecule has 106 heavy (non-hydrogen) atoms. The van der Waals surface area contributed by atoms with Crippen LogP contribution in [0.3, 0.4) is 0 Å². The van der Waals surface area contributed by atoms with Crippen molar-refractivity contribution in [3.8, 4) is 95.6 Å². The maximum Gasteiger partial charge on any atom is 0.335 e. The quantitative estimate of drug-likeness (QED) is 0.107. The summed E-state index contributed by atoms with van der Waals surface area (Å²) < 4.78 is 34.5. The van der Waals surface area contributed by atoms with Gasteiger partial charge in [0.25, 0.3) is 6.47 Å². The highest BCUT2D eigenvalue weighted by Crippen LogP contribution is 2.43. The highest BCUT2D eigenvalue weighted by Gasteiger charge is 2.20. The summed E-state index contributed by atoms with van der Waals surface area (Å²) in [4.78, 5) is 69.1. The van der Waals surface area contributed by atoms with E-state index in [4.69, 9.17) is 38.5 Å². The molecule has 0 saturated heterocycles. The molecule has 0 aliphatic carbocycles. The fraction of sp³-hybridized carbons (Fsp3) is 0.0125. The monoisotopic (exact) mass is 1800 g/mol. The number of fused-ring (bicyclic) bond motifs is 6. The number of anilines is 1. The van der Waals surface area contributed by atoms with E-state index < -0.39 is 5.97 Å². The second-order valence-electron chi connectivity index (χ2n) is 23.0. The lowest BCUT2D eigenvalue weighted by atomic mass is 10.0. The first-order valence-electron chi connectivity index (χ1n) is 31.8. The number of benzene rings is 8. The largest absolute Gasteiger partial charge is 0.478 e. The zero-order valence-electron chi connectivity index (χ0n) is 54.5. The lowest BCUT2D eigenvalue weighted by molar-refractivity contribution is -0.120. The standard InChI is InChI=1S/C24H12Br2N4O2.C24H12Br2N4OS.C14H8Br2O4.C13H10O.C5H6N2O/c2*25-17-9-13(23-29-19-11-27-7-5-21(19)31-23)1-3-15(17)16-4-2-14(10-18(16)26)24-30-20-12-28-8-6-22(20)32-24;15-12-5-8(14(18)19)1-3-10(12)11-4-2-9(20-7-17)6-13(11)16;1-3-7-12-10(5-1)9-11-6-2-4-8-13(11)14-12;6-4-3-7-2-1-5(4)8/h2*1-12H;1-7H,(H,18,19);1-8H,9H2;1-3H,6H2,(H,7,8). The van der Waals surface area contributed by atoms with Crippen molar-refractivity contribution < 1.29 is 37.4 Å². The number of hydrogen-bond donors (Lipinski definition) is 3. The van der Waals surface area contributed by atoms with Crippen LogP contribution in [0.2, 0.25) is 0 Å². The molecule has 19 nitrogen and oxygen atoms in total. The minimum atomic E-state index is -0.981. The number of ether oxygens (including phenoxy) is 2. The Morgan fingerprint density at radius 1 is 0.481 bits per heavy atom. The number of nitrogen functional groups attached to an aromatic ring is 1. The molecule has 4 N–H and O–H groups in total. The van der Waals surface area contributed by atoms with Crippen molar-refractivity contribution in [3.05, 3.63) is 304 Å². The molecule has 10 heterocycles. The number of carboxylic acid groups (broad SMARTS) is 1. The maximum atomic E-state index is 10.9. The lowest BCUT2D eigenvalue weighted by Gasteiger charge is -2.19. The van der Waals surface area contributed by atoms with E-state index in [2.05, 4.69) is 184 Å². The van der Waals surface area contributed by atoms with Crippen LogP contribution in [0, 0.1) is 0 Å². The van der Waals surface area contributed by atoms with E-state index in [9.17, 15) is 14.4 Å². The Morgan fingerprint density at radius 3 is 1.30 bits per heavy atom. The van der Waals surface area contributed by atoms with Crippen LogP contribution in [0.4, 0.5) is 5.69 Å². The van der Waals surface area contributed by atoms with E-state index in [1.54, 1.807) is 110 Å². The minimum Gasteiger partial charge on any atom is -0.478 e. The highest BCUT2D eigenvalue weighted by molar-refractivity contribution is 9.11. The molecule has 0 radical (unpaired) electrons. The van der Waals surface area contributed by atoms with Gasteiger partial charge in [0.15, 0.2) is 16.7 Å². The van der Waals surface area contributed by atoms with Crippen molar-refractivity contribution >= 4 is 169 Å². The lowest BCUT2D eigenvalue weighted by Crippen LogP contribution is -2.05. The molecule has 1 aliphatic heterocycles. The topological polar surface area (TPSA) is 274 Å². The third-order valence-corrected chi connectivity index (χ3v) is 21.3. The Morgan fingerprint density at radius 2 is 0.896 bits per heavy atom. The van der Waals surface area contributed by atoms with E-state index >= 15 is 0 Å². The molecule has 1 aliphatic rings. The van der Waals surface area contributed by atoms with Crippen molar-refractivity contribution in [2.45, 2.75) is 6.42 Å². The fourth-order valence-electron chi connectivity index (χ4n) is 11.0. The molecule has 9 aromatic heterocycles. The van der Waals surface area contributed by atoms with E-state index in [0.29, 0.717) is 45.5 Å². The summed E-state index contributed by atoms with van der Waals surface area (Å²) >= 11 is 23.3. The van der Waals surface area contributed by atoms with E-state index in [-0.39, 0.29) is 16.7 Å². The van der Waals surface area contributed by atoms with Crippen LogP contribution >= 0.6 is 107 Å². The molecule has 17 aromatic rings. The minimum absolute atomic E-state index is 0.135. The number of nitrogens with zero attached hydrogens (tertiary/aromatic N) is 8. The number of H-pyrrole nitrogens is 1. The van der Waals surface area contributed by atoms with E-state index in [1.807, 2.05) is 84.9 Å². The SMILES string of the molecule is Brc1cc(-c2nc3cnccc3o2)ccc1-c1ccc(-c2nc3cnccc3o2)cc1Br.Brc1cc(-c2nc3cnccc3o2)ccc1-c1ccc(-c2nc3cnccc3s2)cc1Br.Nc1c[nH]ccc1=O.O=COc1ccc(-c2ccc(C(=O)O)cc2Br)c(Br)c1.c1ccc2c(c1)Cc1ccccc1O2. The molecule has 0 saturated carbocycles. The Bertz CT molecular complexity index is 5520. The van der Waals surface area contributed by atoms with Crippen molar-refractivity contribution in [3.63, 3.8) is 0 Å². The van der Waals surface area contributed by atoms with Crippen LogP contribution in [0.25, 0.3) is 122 Å². The summed E-state index contributed by atoms with van der Waals surface area (Å²) in [6.07, 6.45) is 17.7. The number of nitrogens with two attached hydrogens (primary N) is 1. The average molecular weight is 1800 g/mol. The van der Waals surface area contributed by atoms with Gasteiger partial charge in [-0.05, 0) is 136 Å². The molecular weight excluding hydrogens is 1760 g/mol. The second kappa shape index (κ2) is 32.6. The molecule has 520 valence electrons. The summed E-state index contributed by atoms with van der Waals surface area (Å²) in [5.41, 5.74) is 22.9. The highest BCUT2D eigenvalue weighted by atomic mass is 79.9. The molecule has 8 aromatic carbocycles. The number of aromatic nitrogens is 9.